The molecule has 1 saturated heterocycles. The molecule has 1 N–H and O–H groups in total. The van der Waals surface area contributed by atoms with E-state index >= 15 is 0 Å². The van der Waals surface area contributed by atoms with Gasteiger partial charge in [-0.1, -0.05) is 27.2 Å². The second-order valence-corrected chi connectivity index (χ2v) is 4.47. The van der Waals surface area contributed by atoms with Crippen LogP contribution in [0.5, 0.6) is 0 Å². The molecule has 1 rings (SSSR count). The lowest BCUT2D eigenvalue weighted by molar-refractivity contribution is -0.0388. The number of hydrogen-bond donors (Lipinski definition) is 1. The number of aliphatic hydroxyl groups is 1. The minimum atomic E-state index is 0.340. The van der Waals surface area contributed by atoms with E-state index in [9.17, 15) is 0 Å². The summed E-state index contributed by atoms with van der Waals surface area (Å²) in [7, 11) is 0. The second-order valence-electron chi connectivity index (χ2n) is 4.47. The van der Waals surface area contributed by atoms with Crippen LogP contribution < -0.4 is 0 Å². The molecule has 0 bridgehead atoms. The molecule has 2 atom stereocenters. The number of nitrogens with zero attached hydrogens (tertiary/aromatic N) is 1. The summed E-state index contributed by atoms with van der Waals surface area (Å²) in [6, 6.07) is 1.18. The molecule has 0 aliphatic carbocycles. The lowest BCUT2D eigenvalue weighted by Crippen LogP contribution is -2.59. The predicted octanol–water partition coefficient (Wildman–Crippen LogP) is 1.88. The molecular formula is C11H23NO. The highest BCUT2D eigenvalue weighted by Crippen LogP contribution is 2.30. The van der Waals surface area contributed by atoms with Crippen LogP contribution in [0.2, 0.25) is 0 Å². The average molecular weight is 185 g/mol. The Balaban J connectivity index is 2.35. The Morgan fingerprint density at radius 2 is 2.15 bits per heavy atom. The van der Waals surface area contributed by atoms with E-state index in [1.54, 1.807) is 0 Å². The Bertz CT molecular complexity index is 147. The molecule has 0 radical (unpaired) electrons. The van der Waals surface area contributed by atoms with Gasteiger partial charge in [0.05, 0.1) is 6.61 Å². The smallest absolute Gasteiger partial charge is 0.0587 e. The van der Waals surface area contributed by atoms with Gasteiger partial charge < -0.3 is 5.11 Å². The van der Waals surface area contributed by atoms with Crippen LogP contribution in [0.15, 0.2) is 0 Å². The van der Waals surface area contributed by atoms with Crippen molar-refractivity contribution in [2.24, 2.45) is 5.92 Å². The van der Waals surface area contributed by atoms with Crippen LogP contribution in [0, 0.1) is 5.92 Å². The van der Waals surface area contributed by atoms with Crippen molar-refractivity contribution in [1.82, 2.24) is 4.90 Å². The summed E-state index contributed by atoms with van der Waals surface area (Å²) in [5.74, 6) is 0.736. The van der Waals surface area contributed by atoms with Gasteiger partial charge in [-0.05, 0) is 25.3 Å². The van der Waals surface area contributed by atoms with Crippen LogP contribution in [0.3, 0.4) is 0 Å². The summed E-state index contributed by atoms with van der Waals surface area (Å²) < 4.78 is 0. The minimum absolute atomic E-state index is 0.340. The first-order valence-corrected chi connectivity index (χ1v) is 5.57. The van der Waals surface area contributed by atoms with Gasteiger partial charge >= 0.3 is 0 Å². The molecule has 0 aromatic carbocycles. The molecule has 0 saturated carbocycles. The standard InChI is InChI=1S/C11H23NO/c1-4-5-6-12-10(8-13)7-11(12)9(2)3/h9-11,13H,4-8H2,1-3H3/t10-,11+/m0/s1. The zero-order chi connectivity index (χ0) is 9.84. The third-order valence-electron chi connectivity index (χ3n) is 3.16. The first-order valence-electron chi connectivity index (χ1n) is 5.57. The van der Waals surface area contributed by atoms with Gasteiger partial charge in [0.2, 0.25) is 0 Å². The summed E-state index contributed by atoms with van der Waals surface area (Å²) in [5.41, 5.74) is 0. The molecule has 78 valence electrons. The van der Waals surface area contributed by atoms with E-state index in [1.165, 1.54) is 25.8 Å². The Morgan fingerprint density at radius 1 is 1.46 bits per heavy atom. The summed E-state index contributed by atoms with van der Waals surface area (Å²) in [5, 5.41) is 9.11. The first-order chi connectivity index (χ1) is 6.20. The van der Waals surface area contributed by atoms with Crippen LogP contribution >= 0.6 is 0 Å². The normalized spacial score (nSPS) is 29.3. The Hall–Kier alpha value is -0.0800. The molecule has 1 fully saturated rings. The monoisotopic (exact) mass is 185 g/mol. The molecule has 0 aromatic heterocycles. The third kappa shape index (κ3) is 2.44. The third-order valence-corrected chi connectivity index (χ3v) is 3.16. The topological polar surface area (TPSA) is 23.5 Å². The van der Waals surface area contributed by atoms with Gasteiger partial charge in [-0.25, -0.2) is 0 Å². The summed E-state index contributed by atoms with van der Waals surface area (Å²) in [6.07, 6.45) is 3.71. The van der Waals surface area contributed by atoms with Gasteiger partial charge in [-0.3, -0.25) is 4.90 Å². The molecule has 0 unspecified atom stereocenters. The lowest BCUT2D eigenvalue weighted by Gasteiger charge is -2.50. The minimum Gasteiger partial charge on any atom is -0.395 e. The van der Waals surface area contributed by atoms with E-state index < -0.39 is 0 Å². The van der Waals surface area contributed by atoms with Crippen LogP contribution in [0.1, 0.15) is 40.0 Å². The maximum absolute atomic E-state index is 9.11. The molecular weight excluding hydrogens is 162 g/mol. The average Bonchev–Trinajstić information content (AvgIpc) is 2.03. The molecule has 0 aromatic rings. The van der Waals surface area contributed by atoms with E-state index in [0.29, 0.717) is 12.6 Å². The Morgan fingerprint density at radius 3 is 2.62 bits per heavy atom. The van der Waals surface area contributed by atoms with Gasteiger partial charge in [-0.2, -0.15) is 0 Å². The number of likely N-dealkylation sites (tertiary alicyclic amines) is 1. The second kappa shape index (κ2) is 4.97. The molecule has 0 spiro atoms. The number of aliphatic hydroxyl groups excluding tert-OH is 1. The zero-order valence-electron chi connectivity index (χ0n) is 9.16. The molecule has 1 aliphatic heterocycles. The highest BCUT2D eigenvalue weighted by molar-refractivity contribution is 4.93. The van der Waals surface area contributed by atoms with E-state index in [-0.39, 0.29) is 0 Å². The van der Waals surface area contributed by atoms with Crippen LogP contribution in [-0.2, 0) is 0 Å². The summed E-state index contributed by atoms with van der Waals surface area (Å²) in [4.78, 5) is 2.48. The van der Waals surface area contributed by atoms with Gasteiger partial charge in [-0.15, -0.1) is 0 Å². The van der Waals surface area contributed by atoms with E-state index in [2.05, 4.69) is 25.7 Å². The van der Waals surface area contributed by atoms with E-state index in [0.717, 1.165) is 12.0 Å². The van der Waals surface area contributed by atoms with Crippen molar-refractivity contribution in [3.63, 3.8) is 0 Å². The molecule has 13 heavy (non-hydrogen) atoms. The largest absolute Gasteiger partial charge is 0.395 e. The summed E-state index contributed by atoms with van der Waals surface area (Å²) >= 11 is 0. The lowest BCUT2D eigenvalue weighted by atomic mass is 9.85. The molecule has 0 amide bonds. The molecule has 2 heteroatoms. The maximum atomic E-state index is 9.11. The predicted molar refractivity (Wildman–Crippen MR) is 55.7 cm³/mol. The quantitative estimate of drug-likeness (QED) is 0.707. The molecule has 1 aliphatic rings. The highest BCUT2D eigenvalue weighted by Gasteiger charge is 2.38. The number of hydrogen-bond acceptors (Lipinski definition) is 2. The molecule has 1 heterocycles. The van der Waals surface area contributed by atoms with Crippen molar-refractivity contribution in [1.29, 1.82) is 0 Å². The SMILES string of the molecule is CCCCN1[C@H](CO)C[C@@H]1C(C)C. The van der Waals surface area contributed by atoms with Crippen molar-refractivity contribution >= 4 is 0 Å². The van der Waals surface area contributed by atoms with Crippen molar-refractivity contribution in [2.45, 2.75) is 52.1 Å². The zero-order valence-corrected chi connectivity index (χ0v) is 9.16. The van der Waals surface area contributed by atoms with Gasteiger partial charge in [0.1, 0.15) is 0 Å². The van der Waals surface area contributed by atoms with Crippen molar-refractivity contribution in [3.05, 3.63) is 0 Å². The van der Waals surface area contributed by atoms with Crippen LogP contribution in [0.25, 0.3) is 0 Å². The Labute approximate surface area is 81.9 Å². The molecule has 2 nitrogen and oxygen atoms in total. The van der Waals surface area contributed by atoms with Gasteiger partial charge in [0.25, 0.3) is 0 Å². The van der Waals surface area contributed by atoms with Gasteiger partial charge in [0, 0.05) is 12.1 Å². The van der Waals surface area contributed by atoms with Crippen molar-refractivity contribution < 1.29 is 5.11 Å². The first kappa shape index (κ1) is 11.0. The Kier molecular flexibility index (Phi) is 4.20. The van der Waals surface area contributed by atoms with Gasteiger partial charge in [0.15, 0.2) is 0 Å². The highest BCUT2D eigenvalue weighted by atomic mass is 16.3. The van der Waals surface area contributed by atoms with E-state index in [1.807, 2.05) is 0 Å². The fourth-order valence-corrected chi connectivity index (χ4v) is 2.21. The summed E-state index contributed by atoms with van der Waals surface area (Å²) in [6.45, 7) is 8.28. The fourth-order valence-electron chi connectivity index (χ4n) is 2.21. The maximum Gasteiger partial charge on any atom is 0.0587 e. The van der Waals surface area contributed by atoms with Crippen molar-refractivity contribution in [2.75, 3.05) is 13.2 Å². The van der Waals surface area contributed by atoms with Crippen LogP contribution in [-0.4, -0.2) is 35.2 Å². The van der Waals surface area contributed by atoms with Crippen LogP contribution in [0.4, 0.5) is 0 Å². The number of rotatable bonds is 5. The number of unbranched alkanes of at least 4 members (excludes halogenated alkanes) is 1. The van der Waals surface area contributed by atoms with Crippen molar-refractivity contribution in [3.8, 4) is 0 Å². The van der Waals surface area contributed by atoms with E-state index in [4.69, 9.17) is 5.11 Å². The fraction of sp³-hybridized carbons (Fsp3) is 1.00.